The van der Waals surface area contributed by atoms with Crippen molar-refractivity contribution >= 4 is 34.9 Å². The van der Waals surface area contributed by atoms with Gasteiger partial charge in [-0.15, -0.1) is 0 Å². The second-order valence-corrected chi connectivity index (χ2v) is 3.56. The maximum atomic E-state index is 11.5. The van der Waals surface area contributed by atoms with Gasteiger partial charge in [-0.05, 0) is 6.07 Å². The molecule has 0 saturated carbocycles. The van der Waals surface area contributed by atoms with Crippen LogP contribution >= 0.6 is 23.2 Å². The van der Waals surface area contributed by atoms with Crippen molar-refractivity contribution in [3.05, 3.63) is 33.8 Å². The second-order valence-electron chi connectivity index (χ2n) is 2.78. The van der Waals surface area contributed by atoms with Gasteiger partial charge in [0.15, 0.2) is 5.71 Å². The van der Waals surface area contributed by atoms with E-state index in [1.807, 2.05) is 0 Å². The molecule has 0 atom stereocenters. The lowest BCUT2D eigenvalue weighted by Crippen LogP contribution is -2.20. The predicted molar refractivity (Wildman–Crippen MR) is 64.1 cm³/mol. The van der Waals surface area contributed by atoms with Crippen LogP contribution in [0, 0.1) is 0 Å². The quantitative estimate of drug-likeness (QED) is 0.515. The molecule has 1 rings (SSSR count). The normalized spacial score (nSPS) is 11.1. The lowest BCUT2D eigenvalue weighted by Gasteiger charge is -2.07. The third kappa shape index (κ3) is 2.65. The summed E-state index contributed by atoms with van der Waals surface area (Å²) in [6.45, 7) is 0. The number of esters is 1. The summed E-state index contributed by atoms with van der Waals surface area (Å²) in [5, 5.41) is 4.44. The van der Waals surface area contributed by atoms with Crippen molar-refractivity contribution in [1.82, 2.24) is 5.43 Å². The van der Waals surface area contributed by atoms with Crippen molar-refractivity contribution in [3.63, 3.8) is 0 Å². The van der Waals surface area contributed by atoms with Gasteiger partial charge in [-0.2, -0.15) is 5.10 Å². The van der Waals surface area contributed by atoms with Gasteiger partial charge in [-0.25, -0.2) is 4.79 Å². The average Bonchev–Trinajstić information content (AvgIpc) is 2.29. The lowest BCUT2D eigenvalue weighted by atomic mass is 10.1. The van der Waals surface area contributed by atoms with E-state index in [2.05, 4.69) is 15.3 Å². The largest absolute Gasteiger partial charge is 0.464 e. The fourth-order valence-electron chi connectivity index (χ4n) is 1.11. The van der Waals surface area contributed by atoms with Gasteiger partial charge in [-0.1, -0.05) is 35.3 Å². The fourth-order valence-corrected chi connectivity index (χ4v) is 1.50. The van der Waals surface area contributed by atoms with E-state index < -0.39 is 5.97 Å². The highest BCUT2D eigenvalue weighted by atomic mass is 35.5. The van der Waals surface area contributed by atoms with Crippen LogP contribution < -0.4 is 5.43 Å². The van der Waals surface area contributed by atoms with Gasteiger partial charge < -0.3 is 10.2 Å². The molecule has 1 aromatic carbocycles. The molecule has 4 nitrogen and oxygen atoms in total. The van der Waals surface area contributed by atoms with Crippen molar-refractivity contribution in [2.45, 2.75) is 0 Å². The third-order valence-electron chi connectivity index (χ3n) is 1.81. The molecule has 0 radical (unpaired) electrons. The Morgan fingerprint density at radius 2 is 2.12 bits per heavy atom. The first-order chi connectivity index (χ1) is 7.61. The summed E-state index contributed by atoms with van der Waals surface area (Å²) in [5.41, 5.74) is 3.02. The van der Waals surface area contributed by atoms with Gasteiger partial charge in [0, 0.05) is 12.6 Å². The Bertz CT molecular complexity index is 433. The number of nitrogens with one attached hydrogen (secondary N) is 1. The molecule has 0 fully saturated rings. The highest BCUT2D eigenvalue weighted by Gasteiger charge is 2.18. The van der Waals surface area contributed by atoms with E-state index in [-0.39, 0.29) is 10.7 Å². The zero-order valence-electron chi connectivity index (χ0n) is 8.75. The van der Waals surface area contributed by atoms with E-state index in [1.54, 1.807) is 25.2 Å². The number of carbonyl (C=O) groups excluding carboxylic acids is 1. The molecule has 0 saturated heterocycles. The summed E-state index contributed by atoms with van der Waals surface area (Å²) in [6, 6.07) is 4.95. The number of nitrogens with zero attached hydrogens (tertiary/aromatic N) is 1. The number of hydrogen-bond acceptors (Lipinski definition) is 4. The molecule has 0 amide bonds. The molecule has 1 N–H and O–H groups in total. The van der Waals surface area contributed by atoms with Crippen LogP contribution in [-0.2, 0) is 9.53 Å². The molecule has 0 aliphatic rings. The monoisotopic (exact) mass is 260 g/mol. The number of rotatable bonds is 3. The zero-order chi connectivity index (χ0) is 12.1. The minimum atomic E-state index is -0.585. The average molecular weight is 261 g/mol. The van der Waals surface area contributed by atoms with Gasteiger partial charge in [0.2, 0.25) is 0 Å². The Labute approximate surface area is 103 Å². The Morgan fingerprint density at radius 3 is 2.69 bits per heavy atom. The molecule has 0 aliphatic carbocycles. The predicted octanol–water partition coefficient (Wildman–Crippen LogP) is 2.09. The van der Waals surface area contributed by atoms with Crippen molar-refractivity contribution in [2.24, 2.45) is 5.10 Å². The van der Waals surface area contributed by atoms with Crippen LogP contribution in [0.3, 0.4) is 0 Å². The molecular formula is C10H10Cl2N2O2. The van der Waals surface area contributed by atoms with Crippen LogP contribution in [0.15, 0.2) is 23.3 Å². The minimum Gasteiger partial charge on any atom is -0.464 e. The van der Waals surface area contributed by atoms with Crippen molar-refractivity contribution in [2.75, 3.05) is 14.2 Å². The number of carbonyl (C=O) groups is 1. The molecule has 0 aliphatic heterocycles. The van der Waals surface area contributed by atoms with Crippen LogP contribution in [0.2, 0.25) is 10.0 Å². The number of ether oxygens (including phenoxy) is 1. The fraction of sp³-hybridized carbons (Fsp3) is 0.200. The number of methoxy groups -OCH3 is 1. The molecule has 16 heavy (non-hydrogen) atoms. The van der Waals surface area contributed by atoms with Gasteiger partial charge in [0.1, 0.15) is 0 Å². The van der Waals surface area contributed by atoms with Gasteiger partial charge in [0.05, 0.1) is 17.2 Å². The van der Waals surface area contributed by atoms with Crippen LogP contribution in [0.25, 0.3) is 0 Å². The molecule has 0 spiro atoms. The zero-order valence-corrected chi connectivity index (χ0v) is 10.3. The molecule has 0 unspecified atom stereocenters. The Hall–Kier alpha value is -1.26. The molecule has 0 aromatic heterocycles. The van der Waals surface area contributed by atoms with Crippen LogP contribution in [0.4, 0.5) is 0 Å². The summed E-state index contributed by atoms with van der Waals surface area (Å²) < 4.78 is 4.60. The van der Waals surface area contributed by atoms with Crippen molar-refractivity contribution in [3.8, 4) is 0 Å². The van der Waals surface area contributed by atoms with E-state index in [0.29, 0.717) is 10.6 Å². The van der Waals surface area contributed by atoms with Gasteiger partial charge in [0.25, 0.3) is 0 Å². The number of hydrazone groups is 1. The first kappa shape index (κ1) is 12.8. The summed E-state index contributed by atoms with van der Waals surface area (Å²) in [5.74, 6) is -0.585. The summed E-state index contributed by atoms with van der Waals surface area (Å²) >= 11 is 11.8. The smallest absolute Gasteiger partial charge is 0.359 e. The minimum absolute atomic E-state index is 0.0810. The Kier molecular flexibility index (Phi) is 4.58. The highest BCUT2D eigenvalue weighted by Crippen LogP contribution is 2.26. The van der Waals surface area contributed by atoms with E-state index >= 15 is 0 Å². The summed E-state index contributed by atoms with van der Waals surface area (Å²) in [4.78, 5) is 11.5. The van der Waals surface area contributed by atoms with E-state index in [9.17, 15) is 4.79 Å². The van der Waals surface area contributed by atoms with Crippen LogP contribution in [0.5, 0.6) is 0 Å². The van der Waals surface area contributed by atoms with E-state index in [1.165, 1.54) is 7.11 Å². The van der Waals surface area contributed by atoms with E-state index in [4.69, 9.17) is 23.2 Å². The number of halogens is 2. The number of benzene rings is 1. The molecule has 86 valence electrons. The topological polar surface area (TPSA) is 50.7 Å². The number of hydrogen-bond donors (Lipinski definition) is 1. The third-order valence-corrected chi connectivity index (χ3v) is 2.63. The molecule has 0 heterocycles. The Morgan fingerprint density at radius 1 is 1.44 bits per heavy atom. The standard InChI is InChI=1S/C10H10Cl2N2O2/c1-13-14-9(10(15)16-2)6-4-3-5-7(11)8(6)12/h3-5,13H,1-2H3/b14-9-. The first-order valence-corrected chi connectivity index (χ1v) is 5.14. The second kappa shape index (κ2) is 5.72. The van der Waals surface area contributed by atoms with Crippen LogP contribution in [-0.4, -0.2) is 25.8 Å². The van der Waals surface area contributed by atoms with Crippen LogP contribution in [0.1, 0.15) is 5.56 Å². The highest BCUT2D eigenvalue weighted by molar-refractivity contribution is 6.50. The summed E-state index contributed by atoms with van der Waals surface area (Å²) in [7, 11) is 2.84. The molecular weight excluding hydrogens is 251 g/mol. The van der Waals surface area contributed by atoms with Crippen molar-refractivity contribution in [1.29, 1.82) is 0 Å². The molecule has 1 aromatic rings. The van der Waals surface area contributed by atoms with Crippen molar-refractivity contribution < 1.29 is 9.53 Å². The SMILES string of the molecule is CN/N=C(\C(=O)OC)c1cccc(Cl)c1Cl. The summed E-state index contributed by atoms with van der Waals surface area (Å²) in [6.07, 6.45) is 0. The maximum absolute atomic E-state index is 11.5. The van der Waals surface area contributed by atoms with Gasteiger partial charge in [-0.3, -0.25) is 0 Å². The Balaban J connectivity index is 3.27. The van der Waals surface area contributed by atoms with Gasteiger partial charge >= 0.3 is 5.97 Å². The molecule has 0 bridgehead atoms. The maximum Gasteiger partial charge on any atom is 0.359 e. The first-order valence-electron chi connectivity index (χ1n) is 4.39. The lowest BCUT2D eigenvalue weighted by molar-refractivity contribution is -0.132. The van der Waals surface area contributed by atoms with E-state index in [0.717, 1.165) is 0 Å². The molecule has 6 heteroatoms.